The highest BCUT2D eigenvalue weighted by Gasteiger charge is 2.40. The van der Waals surface area contributed by atoms with Crippen molar-refractivity contribution >= 4 is 17.7 Å². The molecule has 1 amide bonds. The van der Waals surface area contributed by atoms with E-state index in [4.69, 9.17) is 0 Å². The second-order valence-electron chi connectivity index (χ2n) is 8.30. The fourth-order valence-electron chi connectivity index (χ4n) is 4.31. The first kappa shape index (κ1) is 20.1. The Kier molecular flexibility index (Phi) is 5.68. The Hall–Kier alpha value is -2.80. The predicted molar refractivity (Wildman–Crippen MR) is 123 cm³/mol. The molecule has 0 spiro atoms. The number of hydrogen-bond acceptors (Lipinski definition) is 5. The second-order valence-corrected chi connectivity index (χ2v) is 9.41. The number of carbonyl (C=O) groups is 1. The lowest BCUT2D eigenvalue weighted by molar-refractivity contribution is -0.131. The number of fused-ring (bicyclic) bond motifs is 1. The Labute approximate surface area is 187 Å². The van der Waals surface area contributed by atoms with Crippen LogP contribution in [0.3, 0.4) is 0 Å². The quantitative estimate of drug-likeness (QED) is 0.663. The third-order valence-electron chi connectivity index (χ3n) is 6.07. The summed E-state index contributed by atoms with van der Waals surface area (Å²) in [7, 11) is 0. The van der Waals surface area contributed by atoms with Crippen molar-refractivity contribution in [2.45, 2.75) is 49.1 Å². The predicted octanol–water partition coefficient (Wildman–Crippen LogP) is 4.42. The van der Waals surface area contributed by atoms with Gasteiger partial charge in [-0.05, 0) is 25.3 Å². The fraction of sp³-hybridized carbons (Fsp3) is 0.375. The summed E-state index contributed by atoms with van der Waals surface area (Å²) in [6.07, 6.45) is 4.58. The number of carbonyl (C=O) groups excluding carboxylic acids is 1. The molecule has 1 N–H and O–H groups in total. The van der Waals surface area contributed by atoms with E-state index in [1.165, 1.54) is 30.2 Å². The Morgan fingerprint density at radius 2 is 1.68 bits per heavy atom. The van der Waals surface area contributed by atoms with Crippen LogP contribution in [0, 0.1) is 6.92 Å². The Bertz CT molecular complexity index is 1040. The van der Waals surface area contributed by atoms with Gasteiger partial charge in [0.15, 0.2) is 5.82 Å². The average molecular weight is 434 g/mol. The SMILES string of the molecule is Cc1ccc([C@@H]2Nn3c(nnc3-c3ccccc3)S[C@H]2C(=O)N2CCCCCC2)cc1. The minimum absolute atomic E-state index is 0.160. The molecule has 1 fully saturated rings. The van der Waals surface area contributed by atoms with Gasteiger partial charge in [0, 0.05) is 18.7 Å². The van der Waals surface area contributed by atoms with Crippen LogP contribution in [0.25, 0.3) is 11.4 Å². The number of likely N-dealkylation sites (tertiary alicyclic amines) is 1. The van der Waals surface area contributed by atoms with Crippen LogP contribution >= 0.6 is 11.8 Å². The molecule has 160 valence electrons. The summed E-state index contributed by atoms with van der Waals surface area (Å²) in [6, 6.07) is 18.3. The number of benzene rings is 2. The van der Waals surface area contributed by atoms with E-state index in [1.807, 2.05) is 35.0 Å². The highest BCUT2D eigenvalue weighted by Crippen LogP contribution is 2.39. The molecule has 2 aromatic carbocycles. The second kappa shape index (κ2) is 8.75. The van der Waals surface area contributed by atoms with Crippen molar-refractivity contribution in [2.24, 2.45) is 0 Å². The molecule has 7 heteroatoms. The minimum atomic E-state index is -0.277. The Morgan fingerprint density at radius 3 is 2.39 bits per heavy atom. The van der Waals surface area contributed by atoms with Crippen LogP contribution in [0.15, 0.2) is 59.8 Å². The van der Waals surface area contributed by atoms with E-state index in [2.05, 4.69) is 51.7 Å². The number of hydrogen-bond donors (Lipinski definition) is 1. The number of thioether (sulfide) groups is 1. The summed E-state index contributed by atoms with van der Waals surface area (Å²) in [6.45, 7) is 3.77. The molecule has 0 unspecified atom stereocenters. The van der Waals surface area contributed by atoms with Gasteiger partial charge in [-0.3, -0.25) is 4.79 Å². The van der Waals surface area contributed by atoms with Gasteiger partial charge in [0.1, 0.15) is 5.25 Å². The maximum Gasteiger partial charge on any atom is 0.238 e. The molecule has 1 saturated heterocycles. The molecule has 3 heterocycles. The van der Waals surface area contributed by atoms with Crippen molar-refractivity contribution in [1.29, 1.82) is 0 Å². The van der Waals surface area contributed by atoms with Gasteiger partial charge in [0.25, 0.3) is 0 Å². The van der Waals surface area contributed by atoms with E-state index < -0.39 is 0 Å². The van der Waals surface area contributed by atoms with Gasteiger partial charge in [-0.1, -0.05) is 84.8 Å². The summed E-state index contributed by atoms with van der Waals surface area (Å²) < 4.78 is 1.94. The van der Waals surface area contributed by atoms with Crippen molar-refractivity contribution in [3.05, 3.63) is 65.7 Å². The highest BCUT2D eigenvalue weighted by molar-refractivity contribution is 8.00. The lowest BCUT2D eigenvalue weighted by Gasteiger charge is -2.35. The summed E-state index contributed by atoms with van der Waals surface area (Å²) in [5.41, 5.74) is 6.89. The molecule has 2 aliphatic heterocycles. The van der Waals surface area contributed by atoms with E-state index in [0.717, 1.165) is 48.0 Å². The summed E-state index contributed by atoms with van der Waals surface area (Å²) in [5.74, 6) is 0.960. The maximum absolute atomic E-state index is 13.7. The molecule has 0 radical (unpaired) electrons. The average Bonchev–Trinajstić information content (AvgIpc) is 3.02. The largest absolute Gasteiger partial charge is 0.342 e. The van der Waals surface area contributed by atoms with Gasteiger partial charge < -0.3 is 10.3 Å². The van der Waals surface area contributed by atoms with Crippen molar-refractivity contribution in [3.63, 3.8) is 0 Å². The zero-order chi connectivity index (χ0) is 21.2. The molecule has 0 aliphatic carbocycles. The van der Waals surface area contributed by atoms with Crippen LogP contribution in [-0.2, 0) is 4.79 Å². The molecular formula is C24H27N5OS. The minimum Gasteiger partial charge on any atom is -0.342 e. The van der Waals surface area contributed by atoms with Gasteiger partial charge in [-0.25, -0.2) is 4.68 Å². The lowest BCUT2D eigenvalue weighted by atomic mass is 10.0. The van der Waals surface area contributed by atoms with Crippen LogP contribution in [0.5, 0.6) is 0 Å². The molecule has 6 nitrogen and oxygen atoms in total. The standard InChI is InChI=1S/C24H27N5OS/c1-17-11-13-18(14-12-17)20-21(23(30)28-15-7-2-3-8-16-28)31-24-26-25-22(29(24)27-20)19-9-5-4-6-10-19/h4-6,9-14,20-21,27H,2-3,7-8,15-16H2,1H3/t20-,21+/m0/s1. The van der Waals surface area contributed by atoms with Gasteiger partial charge in [0.05, 0.1) is 6.04 Å². The molecule has 3 aromatic rings. The number of aryl methyl sites for hydroxylation is 1. The van der Waals surface area contributed by atoms with E-state index in [0.29, 0.717) is 0 Å². The van der Waals surface area contributed by atoms with Gasteiger partial charge in [-0.15, -0.1) is 10.2 Å². The summed E-state index contributed by atoms with van der Waals surface area (Å²) >= 11 is 1.52. The number of rotatable bonds is 3. The monoisotopic (exact) mass is 433 g/mol. The van der Waals surface area contributed by atoms with E-state index in [9.17, 15) is 4.79 Å². The number of amides is 1. The van der Waals surface area contributed by atoms with Crippen LogP contribution in [0.1, 0.15) is 42.9 Å². The van der Waals surface area contributed by atoms with E-state index in [-0.39, 0.29) is 17.2 Å². The zero-order valence-corrected chi connectivity index (χ0v) is 18.5. The molecule has 0 saturated carbocycles. The molecule has 1 aromatic heterocycles. The Morgan fingerprint density at radius 1 is 0.968 bits per heavy atom. The molecule has 0 bridgehead atoms. The van der Waals surface area contributed by atoms with Gasteiger partial charge in [-0.2, -0.15) is 0 Å². The topological polar surface area (TPSA) is 63.1 Å². The van der Waals surface area contributed by atoms with Gasteiger partial charge >= 0.3 is 0 Å². The molecule has 2 atom stereocenters. The highest BCUT2D eigenvalue weighted by atomic mass is 32.2. The zero-order valence-electron chi connectivity index (χ0n) is 17.7. The first-order valence-electron chi connectivity index (χ1n) is 11.0. The smallest absolute Gasteiger partial charge is 0.238 e. The molecular weight excluding hydrogens is 406 g/mol. The number of nitrogens with zero attached hydrogens (tertiary/aromatic N) is 4. The van der Waals surface area contributed by atoms with Crippen LogP contribution in [0.2, 0.25) is 0 Å². The van der Waals surface area contributed by atoms with Crippen LogP contribution < -0.4 is 5.43 Å². The molecule has 5 rings (SSSR count). The van der Waals surface area contributed by atoms with Crippen molar-refractivity contribution in [2.75, 3.05) is 18.5 Å². The van der Waals surface area contributed by atoms with Crippen LogP contribution in [-0.4, -0.2) is 44.0 Å². The number of nitrogens with one attached hydrogen (secondary N) is 1. The van der Waals surface area contributed by atoms with Gasteiger partial charge in [0.2, 0.25) is 11.1 Å². The van der Waals surface area contributed by atoms with Crippen molar-refractivity contribution in [1.82, 2.24) is 19.8 Å². The van der Waals surface area contributed by atoms with E-state index in [1.54, 1.807) is 0 Å². The maximum atomic E-state index is 13.7. The Balaban J connectivity index is 1.52. The number of aromatic nitrogens is 3. The third kappa shape index (κ3) is 4.06. The van der Waals surface area contributed by atoms with Crippen LogP contribution in [0.4, 0.5) is 0 Å². The van der Waals surface area contributed by atoms with Crippen molar-refractivity contribution in [3.8, 4) is 11.4 Å². The lowest BCUT2D eigenvalue weighted by Crippen LogP contribution is -2.46. The van der Waals surface area contributed by atoms with Crippen molar-refractivity contribution < 1.29 is 4.79 Å². The first-order valence-corrected chi connectivity index (χ1v) is 11.9. The molecule has 31 heavy (non-hydrogen) atoms. The normalized spacial score (nSPS) is 21.1. The fourth-order valence-corrected chi connectivity index (χ4v) is 5.48. The first-order chi connectivity index (χ1) is 15.2. The third-order valence-corrected chi connectivity index (χ3v) is 7.27. The summed E-state index contributed by atoms with van der Waals surface area (Å²) in [5, 5.41) is 9.31. The molecule has 2 aliphatic rings. The van der Waals surface area contributed by atoms with E-state index >= 15 is 0 Å². The summed E-state index contributed by atoms with van der Waals surface area (Å²) in [4.78, 5) is 15.7.